The Balaban J connectivity index is 2.47. The van der Waals surface area contributed by atoms with E-state index >= 15 is 0 Å². The minimum absolute atomic E-state index is 0.0956. The molecular formula is C13H18N2O3S. The van der Waals surface area contributed by atoms with Crippen LogP contribution >= 0.6 is 0 Å². The fourth-order valence-corrected chi connectivity index (χ4v) is 3.40. The number of nitrogens with zero attached hydrogens (tertiary/aromatic N) is 1. The second-order valence-electron chi connectivity index (χ2n) is 5.07. The minimum Gasteiger partial charge on any atom is -0.325 e. The van der Waals surface area contributed by atoms with Crippen LogP contribution in [-0.2, 0) is 14.8 Å². The highest BCUT2D eigenvalue weighted by Crippen LogP contribution is 2.34. The number of nitrogens with one attached hydrogen (secondary N) is 1. The number of hydrogen-bond acceptors (Lipinski definition) is 3. The van der Waals surface area contributed by atoms with Crippen molar-refractivity contribution < 1.29 is 13.2 Å². The molecule has 1 atom stereocenters. The molecule has 0 radical (unpaired) electrons. The van der Waals surface area contributed by atoms with Gasteiger partial charge in [0.2, 0.25) is 15.9 Å². The first-order chi connectivity index (χ1) is 8.75. The molecule has 5 nitrogen and oxygen atoms in total. The van der Waals surface area contributed by atoms with E-state index in [2.05, 4.69) is 5.32 Å². The maximum atomic E-state index is 12.4. The standard InChI is InChI=1S/C13H18N2O3S/c1-8(2)15(4)19(17,18)10-5-6-12-11(7-10)9(3)13(16)14-12/h5-9H,1-4H3,(H,14,16)/t9-/m0/s1. The van der Waals surface area contributed by atoms with Gasteiger partial charge < -0.3 is 5.32 Å². The zero-order valence-electron chi connectivity index (χ0n) is 11.5. The molecule has 6 heteroatoms. The Bertz CT molecular complexity index is 623. The smallest absolute Gasteiger partial charge is 0.243 e. The van der Waals surface area contributed by atoms with Crippen LogP contribution in [0.1, 0.15) is 32.3 Å². The zero-order valence-corrected chi connectivity index (χ0v) is 12.3. The number of anilines is 1. The van der Waals surface area contributed by atoms with E-state index in [9.17, 15) is 13.2 Å². The molecule has 0 aliphatic carbocycles. The lowest BCUT2D eigenvalue weighted by Crippen LogP contribution is -2.33. The van der Waals surface area contributed by atoms with Gasteiger partial charge in [-0.3, -0.25) is 4.79 Å². The van der Waals surface area contributed by atoms with Gasteiger partial charge in [-0.25, -0.2) is 8.42 Å². The lowest BCUT2D eigenvalue weighted by atomic mass is 10.0. The van der Waals surface area contributed by atoms with Crippen LogP contribution in [0.5, 0.6) is 0 Å². The number of amides is 1. The van der Waals surface area contributed by atoms with Gasteiger partial charge in [0.1, 0.15) is 0 Å². The summed E-state index contributed by atoms with van der Waals surface area (Å²) in [5.41, 5.74) is 1.44. The Morgan fingerprint density at radius 1 is 1.32 bits per heavy atom. The Hall–Kier alpha value is -1.40. The number of hydrogen-bond donors (Lipinski definition) is 1. The van der Waals surface area contributed by atoms with Crippen molar-refractivity contribution in [1.82, 2.24) is 4.31 Å². The SMILES string of the molecule is CC(C)N(C)S(=O)(=O)c1ccc2c(c1)[C@H](C)C(=O)N2. The third-order valence-electron chi connectivity index (χ3n) is 3.54. The molecule has 0 unspecified atom stereocenters. The van der Waals surface area contributed by atoms with Crippen molar-refractivity contribution in [3.05, 3.63) is 23.8 Å². The number of fused-ring (bicyclic) bond motifs is 1. The van der Waals surface area contributed by atoms with Crippen LogP contribution in [0.25, 0.3) is 0 Å². The van der Waals surface area contributed by atoms with Gasteiger partial charge in [0.25, 0.3) is 0 Å². The maximum absolute atomic E-state index is 12.4. The predicted molar refractivity (Wildman–Crippen MR) is 73.6 cm³/mol. The highest BCUT2D eigenvalue weighted by atomic mass is 32.2. The lowest BCUT2D eigenvalue weighted by Gasteiger charge is -2.21. The molecule has 1 aliphatic rings. The second-order valence-corrected chi connectivity index (χ2v) is 7.07. The highest BCUT2D eigenvalue weighted by molar-refractivity contribution is 7.89. The van der Waals surface area contributed by atoms with Gasteiger partial charge in [-0.1, -0.05) is 0 Å². The molecule has 0 fully saturated rings. The molecule has 1 amide bonds. The van der Waals surface area contributed by atoms with Gasteiger partial charge in [0.15, 0.2) is 0 Å². The van der Waals surface area contributed by atoms with Crippen LogP contribution in [0.3, 0.4) is 0 Å². The predicted octanol–water partition coefficient (Wildman–Crippen LogP) is 1.77. The van der Waals surface area contributed by atoms with Crippen molar-refractivity contribution in [3.63, 3.8) is 0 Å². The van der Waals surface area contributed by atoms with E-state index in [4.69, 9.17) is 0 Å². The van der Waals surface area contributed by atoms with E-state index in [-0.39, 0.29) is 22.8 Å². The lowest BCUT2D eigenvalue weighted by molar-refractivity contribution is -0.116. The normalized spacial score (nSPS) is 18.8. The molecule has 1 N–H and O–H groups in total. The Kier molecular flexibility index (Phi) is 3.40. The summed E-state index contributed by atoms with van der Waals surface area (Å²) in [6.07, 6.45) is 0. The van der Waals surface area contributed by atoms with Gasteiger partial charge in [0.05, 0.1) is 10.8 Å². The van der Waals surface area contributed by atoms with E-state index < -0.39 is 10.0 Å². The first kappa shape index (κ1) is 14.0. The number of carbonyl (C=O) groups is 1. The van der Waals surface area contributed by atoms with Crippen LogP contribution < -0.4 is 5.32 Å². The summed E-state index contributed by atoms with van der Waals surface area (Å²) >= 11 is 0. The third-order valence-corrected chi connectivity index (χ3v) is 5.57. The molecule has 1 heterocycles. The largest absolute Gasteiger partial charge is 0.325 e. The van der Waals surface area contributed by atoms with E-state index in [0.717, 1.165) is 5.56 Å². The summed E-state index contributed by atoms with van der Waals surface area (Å²) in [6.45, 7) is 5.40. The fraction of sp³-hybridized carbons (Fsp3) is 0.462. The van der Waals surface area contributed by atoms with E-state index in [0.29, 0.717) is 5.69 Å². The summed E-state index contributed by atoms with van der Waals surface area (Å²) in [5.74, 6) is -0.406. The molecule has 104 valence electrons. The number of carbonyl (C=O) groups excluding carboxylic acids is 1. The molecule has 1 aromatic rings. The molecule has 19 heavy (non-hydrogen) atoms. The Morgan fingerprint density at radius 2 is 1.95 bits per heavy atom. The van der Waals surface area contributed by atoms with Gasteiger partial charge >= 0.3 is 0 Å². The summed E-state index contributed by atoms with van der Waals surface area (Å²) in [7, 11) is -1.95. The second kappa shape index (κ2) is 4.61. The van der Waals surface area contributed by atoms with Crippen LogP contribution in [0.4, 0.5) is 5.69 Å². The van der Waals surface area contributed by atoms with E-state index in [1.807, 2.05) is 13.8 Å². The molecule has 1 aromatic carbocycles. The summed E-state index contributed by atoms with van der Waals surface area (Å²) in [4.78, 5) is 11.8. The quantitative estimate of drug-likeness (QED) is 0.918. The van der Waals surface area contributed by atoms with Gasteiger partial charge in [0, 0.05) is 18.8 Å². The molecular weight excluding hydrogens is 264 g/mol. The van der Waals surface area contributed by atoms with Crippen molar-refractivity contribution in [1.29, 1.82) is 0 Å². The molecule has 0 aromatic heterocycles. The van der Waals surface area contributed by atoms with Crippen molar-refractivity contribution in [2.45, 2.75) is 37.6 Å². The summed E-state index contributed by atoms with van der Waals surface area (Å²) in [5, 5.41) is 2.73. The first-order valence-corrected chi connectivity index (χ1v) is 7.62. The van der Waals surface area contributed by atoms with E-state index in [1.54, 1.807) is 26.1 Å². The van der Waals surface area contributed by atoms with Crippen molar-refractivity contribution in [2.24, 2.45) is 0 Å². The number of benzene rings is 1. The molecule has 0 spiro atoms. The topological polar surface area (TPSA) is 66.5 Å². The number of sulfonamides is 1. The molecule has 2 rings (SSSR count). The van der Waals surface area contributed by atoms with Crippen molar-refractivity contribution in [3.8, 4) is 0 Å². The first-order valence-electron chi connectivity index (χ1n) is 6.18. The van der Waals surface area contributed by atoms with Crippen LogP contribution in [0, 0.1) is 0 Å². The van der Waals surface area contributed by atoms with E-state index in [1.165, 1.54) is 10.4 Å². The minimum atomic E-state index is -3.51. The number of rotatable bonds is 3. The van der Waals surface area contributed by atoms with Crippen LogP contribution in [-0.4, -0.2) is 31.7 Å². The zero-order chi connectivity index (χ0) is 14.4. The maximum Gasteiger partial charge on any atom is 0.243 e. The average Bonchev–Trinajstić information content (AvgIpc) is 2.63. The molecule has 0 saturated carbocycles. The van der Waals surface area contributed by atoms with Crippen LogP contribution in [0.2, 0.25) is 0 Å². The van der Waals surface area contributed by atoms with Gasteiger partial charge in [-0.15, -0.1) is 0 Å². The molecule has 1 aliphatic heterocycles. The fourth-order valence-electron chi connectivity index (χ4n) is 2.00. The van der Waals surface area contributed by atoms with Crippen molar-refractivity contribution in [2.75, 3.05) is 12.4 Å². The third kappa shape index (κ3) is 2.26. The van der Waals surface area contributed by atoms with Gasteiger partial charge in [-0.2, -0.15) is 4.31 Å². The van der Waals surface area contributed by atoms with Gasteiger partial charge in [-0.05, 0) is 44.5 Å². The van der Waals surface area contributed by atoms with Crippen LogP contribution in [0.15, 0.2) is 23.1 Å². The molecule has 0 saturated heterocycles. The Morgan fingerprint density at radius 3 is 2.53 bits per heavy atom. The monoisotopic (exact) mass is 282 g/mol. The molecule has 0 bridgehead atoms. The summed E-state index contributed by atoms with van der Waals surface area (Å²) in [6, 6.07) is 4.66. The van der Waals surface area contributed by atoms with Crippen molar-refractivity contribution >= 4 is 21.6 Å². The Labute approximate surface area is 113 Å². The average molecular weight is 282 g/mol. The highest BCUT2D eigenvalue weighted by Gasteiger charge is 2.30. The summed E-state index contributed by atoms with van der Waals surface area (Å²) < 4.78 is 26.1.